The van der Waals surface area contributed by atoms with Crippen LogP contribution in [0.2, 0.25) is 0 Å². The highest BCUT2D eigenvalue weighted by Crippen LogP contribution is 2.20. The molecule has 1 aromatic carbocycles. The van der Waals surface area contributed by atoms with Gasteiger partial charge in [-0.15, -0.1) is 18.2 Å². The Labute approximate surface area is 185 Å². The number of nitrogens with zero attached hydrogens (tertiary/aromatic N) is 3. The standard InChI is InChI=1S/C20H18N4O5S2/c1-4-7-24-14-6-5-13(19(27)28-3)9-15(14)31-20(24)22-18(26)11-30-10-17(25)21-16-8-12(2)29-23-16/h1,5-6,8-9H,7,10-11H2,2-3H3,(H,21,23,25). The van der Waals surface area contributed by atoms with Crippen LogP contribution in [0.5, 0.6) is 0 Å². The fraction of sp³-hybridized carbons (Fsp3) is 0.250. The second-order valence-corrected chi connectivity index (χ2v) is 8.21. The highest BCUT2D eigenvalue weighted by molar-refractivity contribution is 8.00. The molecule has 0 fully saturated rings. The van der Waals surface area contributed by atoms with Crippen LogP contribution in [0.25, 0.3) is 10.2 Å². The van der Waals surface area contributed by atoms with Crippen LogP contribution in [0.3, 0.4) is 0 Å². The normalized spacial score (nSPS) is 11.3. The van der Waals surface area contributed by atoms with Gasteiger partial charge >= 0.3 is 5.97 Å². The molecule has 0 radical (unpaired) electrons. The average Bonchev–Trinajstić information content (AvgIpc) is 3.30. The smallest absolute Gasteiger partial charge is 0.337 e. The second-order valence-electron chi connectivity index (χ2n) is 6.22. The minimum Gasteiger partial charge on any atom is -0.465 e. The summed E-state index contributed by atoms with van der Waals surface area (Å²) >= 11 is 2.37. The number of esters is 1. The number of methoxy groups -OCH3 is 1. The number of carbonyl (C=O) groups is 3. The Balaban J connectivity index is 1.70. The van der Waals surface area contributed by atoms with E-state index >= 15 is 0 Å². The van der Waals surface area contributed by atoms with Crippen LogP contribution < -0.4 is 10.1 Å². The van der Waals surface area contributed by atoms with Crippen LogP contribution in [-0.4, -0.2) is 46.1 Å². The number of nitrogens with one attached hydrogen (secondary N) is 1. The number of thioether (sulfide) groups is 1. The van der Waals surface area contributed by atoms with Gasteiger partial charge in [0.15, 0.2) is 10.6 Å². The van der Waals surface area contributed by atoms with E-state index in [1.54, 1.807) is 35.8 Å². The van der Waals surface area contributed by atoms with Crippen LogP contribution >= 0.6 is 23.1 Å². The number of carbonyl (C=O) groups excluding carboxylic acids is 3. The Kier molecular flexibility index (Phi) is 7.28. The second kappa shape index (κ2) is 10.1. The summed E-state index contributed by atoms with van der Waals surface area (Å²) in [4.78, 5) is 40.6. The highest BCUT2D eigenvalue weighted by atomic mass is 32.2. The van der Waals surface area contributed by atoms with Crippen molar-refractivity contribution in [1.29, 1.82) is 0 Å². The Morgan fingerprint density at radius 1 is 1.35 bits per heavy atom. The summed E-state index contributed by atoms with van der Waals surface area (Å²) in [7, 11) is 1.31. The van der Waals surface area contributed by atoms with Crippen molar-refractivity contribution in [2.45, 2.75) is 13.5 Å². The Hall–Kier alpha value is -3.36. The number of hydrogen-bond donors (Lipinski definition) is 1. The first-order valence-corrected chi connectivity index (χ1v) is 10.9. The van der Waals surface area contributed by atoms with Gasteiger partial charge in [-0.05, 0) is 25.1 Å². The van der Waals surface area contributed by atoms with Crippen molar-refractivity contribution >= 4 is 56.9 Å². The molecule has 0 atom stereocenters. The Morgan fingerprint density at radius 2 is 2.16 bits per heavy atom. The van der Waals surface area contributed by atoms with Crippen molar-refractivity contribution in [3.63, 3.8) is 0 Å². The molecule has 0 saturated carbocycles. The molecular formula is C20H18N4O5S2. The minimum atomic E-state index is -0.455. The Bertz CT molecular complexity index is 1250. The quantitative estimate of drug-likeness (QED) is 0.426. The first kappa shape index (κ1) is 22.3. The zero-order chi connectivity index (χ0) is 22.4. The van der Waals surface area contributed by atoms with E-state index in [2.05, 4.69) is 21.4 Å². The molecule has 0 aliphatic carbocycles. The molecule has 0 aliphatic rings. The summed E-state index contributed by atoms with van der Waals surface area (Å²) < 4.78 is 12.1. The molecular weight excluding hydrogens is 440 g/mol. The summed E-state index contributed by atoms with van der Waals surface area (Å²) in [6.07, 6.45) is 5.46. The van der Waals surface area contributed by atoms with Crippen molar-refractivity contribution < 1.29 is 23.6 Å². The molecule has 1 N–H and O–H groups in total. The molecule has 11 heteroatoms. The van der Waals surface area contributed by atoms with Gasteiger partial charge in [0.2, 0.25) is 5.91 Å². The van der Waals surface area contributed by atoms with Crippen LogP contribution in [0.4, 0.5) is 5.82 Å². The van der Waals surface area contributed by atoms with Crippen molar-refractivity contribution in [2.75, 3.05) is 23.9 Å². The number of hydrogen-bond acceptors (Lipinski definition) is 8. The zero-order valence-corrected chi connectivity index (χ0v) is 18.3. The van der Waals surface area contributed by atoms with Crippen LogP contribution in [0.1, 0.15) is 16.1 Å². The lowest BCUT2D eigenvalue weighted by molar-refractivity contribution is -0.115. The lowest BCUT2D eigenvalue weighted by Gasteiger charge is -2.02. The number of thiazole rings is 1. The predicted molar refractivity (Wildman–Crippen MR) is 118 cm³/mol. The van der Waals surface area contributed by atoms with Gasteiger partial charge in [-0.1, -0.05) is 22.4 Å². The largest absolute Gasteiger partial charge is 0.465 e. The third-order valence-electron chi connectivity index (χ3n) is 3.93. The van der Waals surface area contributed by atoms with Crippen LogP contribution in [-0.2, 0) is 20.9 Å². The maximum atomic E-state index is 12.3. The lowest BCUT2D eigenvalue weighted by Crippen LogP contribution is -2.18. The van der Waals surface area contributed by atoms with Gasteiger partial charge in [0.25, 0.3) is 5.91 Å². The maximum Gasteiger partial charge on any atom is 0.337 e. The average molecular weight is 459 g/mol. The van der Waals surface area contributed by atoms with Crippen LogP contribution in [0.15, 0.2) is 33.8 Å². The summed E-state index contributed by atoms with van der Waals surface area (Å²) in [5.74, 6) is 2.37. The zero-order valence-electron chi connectivity index (χ0n) is 16.7. The molecule has 0 aliphatic heterocycles. The summed E-state index contributed by atoms with van der Waals surface area (Å²) in [5.41, 5.74) is 1.16. The summed E-state index contributed by atoms with van der Waals surface area (Å²) in [6, 6.07) is 6.64. The van der Waals surface area contributed by atoms with Gasteiger partial charge in [0, 0.05) is 6.07 Å². The lowest BCUT2D eigenvalue weighted by atomic mass is 10.2. The van der Waals surface area contributed by atoms with E-state index in [0.717, 1.165) is 22.0 Å². The number of fused-ring (bicyclic) bond motifs is 1. The highest BCUT2D eigenvalue weighted by Gasteiger charge is 2.12. The van der Waals surface area contributed by atoms with Crippen molar-refractivity contribution in [1.82, 2.24) is 9.72 Å². The monoisotopic (exact) mass is 458 g/mol. The number of anilines is 1. The number of amides is 2. The molecule has 0 unspecified atom stereocenters. The number of rotatable bonds is 7. The fourth-order valence-electron chi connectivity index (χ4n) is 2.62. The number of ether oxygens (including phenoxy) is 1. The number of aryl methyl sites for hydroxylation is 1. The van der Waals surface area contributed by atoms with Crippen molar-refractivity contribution in [3.8, 4) is 12.3 Å². The van der Waals surface area contributed by atoms with Gasteiger partial charge in [-0.2, -0.15) is 4.99 Å². The molecule has 9 nitrogen and oxygen atoms in total. The molecule has 3 aromatic rings. The number of benzene rings is 1. The Morgan fingerprint density at radius 3 is 2.84 bits per heavy atom. The van der Waals surface area contributed by atoms with Gasteiger partial charge in [0.05, 0.1) is 40.9 Å². The number of aromatic nitrogens is 2. The molecule has 2 amide bonds. The molecule has 0 spiro atoms. The van der Waals surface area contributed by atoms with Gasteiger partial charge in [-0.3, -0.25) is 9.59 Å². The van der Waals surface area contributed by atoms with E-state index in [9.17, 15) is 14.4 Å². The third-order valence-corrected chi connectivity index (χ3v) is 5.89. The van der Waals surface area contributed by atoms with E-state index in [0.29, 0.717) is 21.9 Å². The molecule has 160 valence electrons. The third kappa shape index (κ3) is 5.62. The SMILES string of the molecule is C#CCn1c(=NC(=O)CSCC(=O)Nc2cc(C)on2)sc2cc(C(=O)OC)ccc21. The molecule has 0 saturated heterocycles. The molecule has 2 heterocycles. The molecule has 0 bridgehead atoms. The van der Waals surface area contributed by atoms with Crippen molar-refractivity contribution in [3.05, 3.63) is 40.4 Å². The van der Waals surface area contributed by atoms with Gasteiger partial charge in [-0.25, -0.2) is 4.79 Å². The summed E-state index contributed by atoms with van der Waals surface area (Å²) in [5, 5.41) is 6.26. The van der Waals surface area contributed by atoms with E-state index in [-0.39, 0.29) is 24.0 Å². The fourth-order valence-corrected chi connectivity index (χ4v) is 4.31. The van der Waals surface area contributed by atoms with Crippen LogP contribution in [0, 0.1) is 19.3 Å². The van der Waals surface area contributed by atoms with Gasteiger partial charge in [0.1, 0.15) is 5.76 Å². The van der Waals surface area contributed by atoms with E-state index in [1.165, 1.54) is 18.4 Å². The summed E-state index contributed by atoms with van der Waals surface area (Å²) in [6.45, 7) is 1.94. The first-order chi connectivity index (χ1) is 14.9. The minimum absolute atomic E-state index is 0.0168. The number of terminal acetylenes is 1. The first-order valence-electron chi connectivity index (χ1n) is 8.95. The van der Waals surface area contributed by atoms with E-state index < -0.39 is 11.9 Å². The maximum absolute atomic E-state index is 12.3. The van der Waals surface area contributed by atoms with E-state index in [4.69, 9.17) is 15.7 Å². The van der Waals surface area contributed by atoms with Gasteiger partial charge < -0.3 is 19.1 Å². The molecule has 2 aromatic heterocycles. The van der Waals surface area contributed by atoms with E-state index in [1.807, 2.05) is 0 Å². The topological polar surface area (TPSA) is 116 Å². The van der Waals surface area contributed by atoms with Crippen molar-refractivity contribution in [2.24, 2.45) is 4.99 Å². The predicted octanol–water partition coefficient (Wildman–Crippen LogP) is 2.22. The molecule has 31 heavy (non-hydrogen) atoms. The molecule has 3 rings (SSSR count).